The Balaban J connectivity index is 2.22. The molecule has 90 valence electrons. The molecule has 2 aromatic rings. The molecule has 17 heavy (non-hydrogen) atoms. The van der Waals surface area contributed by atoms with E-state index in [0.29, 0.717) is 0 Å². The third kappa shape index (κ3) is 1.80. The molecule has 1 aliphatic rings. The van der Waals surface area contributed by atoms with Crippen molar-refractivity contribution in [2.75, 3.05) is 11.2 Å². The van der Waals surface area contributed by atoms with Gasteiger partial charge in [-0.2, -0.15) is 0 Å². The lowest BCUT2D eigenvalue weighted by Gasteiger charge is -2.05. The minimum Gasteiger partial charge on any atom is -0.308 e. The van der Waals surface area contributed by atoms with Crippen molar-refractivity contribution in [2.24, 2.45) is 5.84 Å². The largest absolute Gasteiger partial charge is 0.308 e. The molecule has 2 heterocycles. The first-order valence-corrected chi connectivity index (χ1v) is 7.55. The molecule has 0 spiro atoms. The van der Waals surface area contributed by atoms with Gasteiger partial charge in [0.15, 0.2) is 11.0 Å². The van der Waals surface area contributed by atoms with Crippen LogP contribution in [0.25, 0.3) is 10.2 Å². The first-order valence-electron chi connectivity index (χ1n) is 5.75. The summed E-state index contributed by atoms with van der Waals surface area (Å²) < 4.78 is 0. The predicted octanol–water partition coefficient (Wildman–Crippen LogP) is 2.58. The van der Waals surface area contributed by atoms with Crippen LogP contribution in [0.3, 0.4) is 0 Å². The predicted molar refractivity (Wildman–Crippen MR) is 73.6 cm³/mol. The molecular formula is C11H14N4S2. The smallest absolute Gasteiger partial charge is 0.190 e. The quantitative estimate of drug-likeness (QED) is 0.387. The lowest BCUT2D eigenvalue weighted by atomic mass is 10.2. The SMILES string of the molecule is CCSc1nc(NN)c2c3c(sc2n1)CCC3. The van der Waals surface area contributed by atoms with Crippen LogP contribution in [0.4, 0.5) is 5.82 Å². The van der Waals surface area contributed by atoms with Gasteiger partial charge in [-0.05, 0) is 30.6 Å². The van der Waals surface area contributed by atoms with E-state index in [2.05, 4.69) is 22.3 Å². The van der Waals surface area contributed by atoms with Crippen molar-refractivity contribution in [3.63, 3.8) is 0 Å². The van der Waals surface area contributed by atoms with E-state index in [0.717, 1.165) is 33.4 Å². The van der Waals surface area contributed by atoms with Gasteiger partial charge in [0.1, 0.15) is 4.83 Å². The van der Waals surface area contributed by atoms with Crippen LogP contribution in [0, 0.1) is 0 Å². The second kappa shape index (κ2) is 4.44. The molecule has 6 heteroatoms. The zero-order chi connectivity index (χ0) is 11.8. The van der Waals surface area contributed by atoms with Crippen molar-refractivity contribution in [3.8, 4) is 0 Å². The maximum Gasteiger partial charge on any atom is 0.190 e. The number of hydrogen-bond acceptors (Lipinski definition) is 6. The molecule has 0 aromatic carbocycles. The van der Waals surface area contributed by atoms with E-state index in [9.17, 15) is 0 Å². The second-order valence-corrected chi connectivity index (χ2v) is 6.28. The van der Waals surface area contributed by atoms with E-state index in [1.54, 1.807) is 23.1 Å². The summed E-state index contributed by atoms with van der Waals surface area (Å²) in [5.41, 5.74) is 4.14. The molecular weight excluding hydrogens is 252 g/mol. The van der Waals surface area contributed by atoms with Gasteiger partial charge < -0.3 is 5.43 Å². The number of rotatable bonds is 3. The molecule has 0 saturated carbocycles. The van der Waals surface area contributed by atoms with Crippen LogP contribution in [0.1, 0.15) is 23.8 Å². The van der Waals surface area contributed by atoms with Crippen LogP contribution in [-0.2, 0) is 12.8 Å². The topological polar surface area (TPSA) is 63.8 Å². The van der Waals surface area contributed by atoms with Crippen molar-refractivity contribution >= 4 is 39.1 Å². The Morgan fingerprint density at radius 2 is 2.29 bits per heavy atom. The molecule has 0 saturated heterocycles. The Morgan fingerprint density at radius 3 is 3.06 bits per heavy atom. The number of nitrogens with zero attached hydrogens (tertiary/aromatic N) is 2. The summed E-state index contributed by atoms with van der Waals surface area (Å²) in [5.74, 6) is 7.34. The van der Waals surface area contributed by atoms with Crippen molar-refractivity contribution in [3.05, 3.63) is 10.4 Å². The molecule has 0 aliphatic heterocycles. The van der Waals surface area contributed by atoms with E-state index in [4.69, 9.17) is 5.84 Å². The summed E-state index contributed by atoms with van der Waals surface area (Å²) in [6.45, 7) is 2.10. The van der Waals surface area contributed by atoms with Gasteiger partial charge in [-0.3, -0.25) is 0 Å². The second-order valence-electron chi connectivity index (χ2n) is 3.97. The average Bonchev–Trinajstić information content (AvgIpc) is 2.88. The number of nitrogens with one attached hydrogen (secondary N) is 1. The van der Waals surface area contributed by atoms with Crippen LogP contribution in [0.5, 0.6) is 0 Å². The van der Waals surface area contributed by atoms with Crippen molar-refractivity contribution in [2.45, 2.75) is 31.3 Å². The Bertz CT molecular complexity index is 564. The van der Waals surface area contributed by atoms with Gasteiger partial charge in [0, 0.05) is 4.88 Å². The number of aryl methyl sites for hydroxylation is 2. The lowest BCUT2D eigenvalue weighted by molar-refractivity contribution is 0.915. The molecule has 0 amide bonds. The highest BCUT2D eigenvalue weighted by atomic mass is 32.2. The number of thiophene rings is 1. The normalized spacial score (nSPS) is 14.2. The summed E-state index contributed by atoms with van der Waals surface area (Å²) in [7, 11) is 0. The zero-order valence-electron chi connectivity index (χ0n) is 9.62. The van der Waals surface area contributed by atoms with Gasteiger partial charge >= 0.3 is 0 Å². The summed E-state index contributed by atoms with van der Waals surface area (Å²) in [6.07, 6.45) is 3.55. The number of aromatic nitrogens is 2. The van der Waals surface area contributed by atoms with E-state index in [-0.39, 0.29) is 0 Å². The third-order valence-electron chi connectivity index (χ3n) is 2.95. The van der Waals surface area contributed by atoms with E-state index in [1.165, 1.54) is 23.3 Å². The van der Waals surface area contributed by atoms with Crippen molar-refractivity contribution < 1.29 is 0 Å². The molecule has 4 nitrogen and oxygen atoms in total. The number of thioether (sulfide) groups is 1. The highest BCUT2D eigenvalue weighted by Crippen LogP contribution is 2.39. The van der Waals surface area contributed by atoms with Gasteiger partial charge in [-0.1, -0.05) is 18.7 Å². The fraction of sp³-hybridized carbons (Fsp3) is 0.455. The van der Waals surface area contributed by atoms with Gasteiger partial charge in [-0.25, -0.2) is 15.8 Å². The minimum atomic E-state index is 0.783. The van der Waals surface area contributed by atoms with Gasteiger partial charge in [0.05, 0.1) is 5.39 Å². The average molecular weight is 266 g/mol. The van der Waals surface area contributed by atoms with Gasteiger partial charge in [0.2, 0.25) is 0 Å². The molecule has 3 rings (SSSR count). The number of nitrogens with two attached hydrogens (primary N) is 1. The summed E-state index contributed by atoms with van der Waals surface area (Å²) in [4.78, 5) is 11.6. The number of anilines is 1. The highest BCUT2D eigenvalue weighted by Gasteiger charge is 2.21. The monoisotopic (exact) mass is 266 g/mol. The van der Waals surface area contributed by atoms with Crippen LogP contribution in [0.2, 0.25) is 0 Å². The fourth-order valence-corrected chi connectivity index (χ4v) is 4.16. The van der Waals surface area contributed by atoms with E-state index in [1.807, 2.05) is 0 Å². The molecule has 1 aliphatic carbocycles. The fourth-order valence-electron chi connectivity index (χ4n) is 2.27. The minimum absolute atomic E-state index is 0.783. The number of nitrogen functional groups attached to an aromatic ring is 1. The molecule has 0 atom stereocenters. The highest BCUT2D eigenvalue weighted by molar-refractivity contribution is 7.99. The van der Waals surface area contributed by atoms with Gasteiger partial charge in [-0.15, -0.1) is 11.3 Å². The number of hydrogen-bond donors (Lipinski definition) is 2. The van der Waals surface area contributed by atoms with Crippen LogP contribution in [0.15, 0.2) is 5.16 Å². The Morgan fingerprint density at radius 1 is 1.41 bits per heavy atom. The van der Waals surface area contributed by atoms with Gasteiger partial charge in [0.25, 0.3) is 0 Å². The molecule has 0 bridgehead atoms. The number of fused-ring (bicyclic) bond motifs is 3. The Hall–Kier alpha value is -0.850. The first-order chi connectivity index (χ1) is 8.33. The molecule has 2 aromatic heterocycles. The summed E-state index contributed by atoms with van der Waals surface area (Å²) in [6, 6.07) is 0. The third-order valence-corrected chi connectivity index (χ3v) is 4.87. The maximum atomic E-state index is 5.59. The lowest BCUT2D eigenvalue weighted by Crippen LogP contribution is -2.10. The maximum absolute atomic E-state index is 5.59. The zero-order valence-corrected chi connectivity index (χ0v) is 11.2. The van der Waals surface area contributed by atoms with Crippen molar-refractivity contribution in [1.29, 1.82) is 0 Å². The van der Waals surface area contributed by atoms with E-state index >= 15 is 0 Å². The molecule has 0 radical (unpaired) electrons. The molecule has 0 fully saturated rings. The summed E-state index contributed by atoms with van der Waals surface area (Å²) in [5, 5.41) is 1.96. The Labute approximate surface area is 108 Å². The Kier molecular flexibility index (Phi) is 2.94. The van der Waals surface area contributed by atoms with E-state index < -0.39 is 0 Å². The van der Waals surface area contributed by atoms with Crippen LogP contribution >= 0.6 is 23.1 Å². The first kappa shape index (κ1) is 11.3. The molecule has 0 unspecified atom stereocenters. The van der Waals surface area contributed by atoms with Crippen LogP contribution < -0.4 is 11.3 Å². The van der Waals surface area contributed by atoms with Crippen molar-refractivity contribution in [1.82, 2.24) is 9.97 Å². The molecule has 3 N–H and O–H groups in total. The summed E-state index contributed by atoms with van der Waals surface area (Å²) >= 11 is 3.45. The standard InChI is InChI=1S/C11H14N4S2/c1-2-16-11-13-9(15-12)8-6-4-3-5-7(6)17-10(8)14-11/h2-5,12H2,1H3,(H,13,14,15). The number of hydrazine groups is 1. The van der Waals surface area contributed by atoms with Crippen LogP contribution in [-0.4, -0.2) is 15.7 Å².